The van der Waals surface area contributed by atoms with E-state index in [4.69, 9.17) is 9.47 Å². The molecule has 0 bridgehead atoms. The zero-order chi connectivity index (χ0) is 28.9. The highest BCUT2D eigenvalue weighted by Gasteiger charge is 2.34. The highest BCUT2D eigenvalue weighted by molar-refractivity contribution is 5.80. The largest absolute Gasteiger partial charge is 0.493 e. The number of anilines is 1. The molecule has 1 fully saturated rings. The minimum Gasteiger partial charge on any atom is -0.493 e. The number of hydrogen-bond donors (Lipinski definition) is 2. The van der Waals surface area contributed by atoms with Crippen LogP contribution in [0.3, 0.4) is 0 Å². The Bertz CT molecular complexity index is 1630. The molecule has 7 nitrogen and oxygen atoms in total. The number of nitrogens with zero attached hydrogens (tertiary/aromatic N) is 2. The van der Waals surface area contributed by atoms with Gasteiger partial charge in [0.25, 0.3) is 0 Å². The molecular formula is C31H30F3N3O4. The summed E-state index contributed by atoms with van der Waals surface area (Å²) in [6.07, 6.45) is -3.13. The molecule has 0 aliphatic carbocycles. The van der Waals surface area contributed by atoms with Gasteiger partial charge in [-0.1, -0.05) is 25.1 Å². The molecule has 1 aromatic heterocycles. The van der Waals surface area contributed by atoms with Crippen molar-refractivity contribution in [3.8, 4) is 11.4 Å². The van der Waals surface area contributed by atoms with E-state index in [1.807, 2.05) is 47.9 Å². The quantitative estimate of drug-likeness (QED) is 0.251. The van der Waals surface area contributed by atoms with E-state index in [1.54, 1.807) is 6.92 Å². The standard InChI is InChI=1S/C31H30F3N3O4/c1-17-19(15-35-21-9-10-22-23(18(2)30(38)39)16-41-28(22)14-21)5-3-6-25(17)37-26-11-8-20(31(32,33)34)13-24(26)36-29(37)27-7-4-12-40-27/h3,5-6,8-11,13-14,18,23,27,35H,4,7,12,15-16H2,1-2H3,(H,38,39)/t18?,23-,27+/m0/s1. The van der Waals surface area contributed by atoms with Gasteiger partial charge in [-0.3, -0.25) is 9.36 Å². The van der Waals surface area contributed by atoms with Crippen LogP contribution >= 0.6 is 0 Å². The van der Waals surface area contributed by atoms with E-state index in [0.717, 1.165) is 53.0 Å². The molecule has 2 aliphatic heterocycles. The monoisotopic (exact) mass is 565 g/mol. The number of imidazole rings is 1. The molecule has 2 N–H and O–H groups in total. The van der Waals surface area contributed by atoms with Crippen LogP contribution in [-0.2, 0) is 22.3 Å². The van der Waals surface area contributed by atoms with E-state index < -0.39 is 23.6 Å². The number of carbonyl (C=O) groups is 1. The number of halogens is 3. The SMILES string of the molecule is Cc1c(CNc2ccc3c(c2)OC[C@H]3C(C)C(=O)O)cccc1-n1c([C@H]2CCCO2)nc2cc(C(F)(F)F)ccc21. The molecule has 10 heteroatoms. The summed E-state index contributed by atoms with van der Waals surface area (Å²) in [5.74, 6) is -0.294. The summed E-state index contributed by atoms with van der Waals surface area (Å²) in [6.45, 7) is 5.10. The summed E-state index contributed by atoms with van der Waals surface area (Å²) in [7, 11) is 0. The Morgan fingerprint density at radius 3 is 2.76 bits per heavy atom. The predicted octanol–water partition coefficient (Wildman–Crippen LogP) is 7.01. The fraction of sp³-hybridized carbons (Fsp3) is 0.355. The predicted molar refractivity (Wildman–Crippen MR) is 148 cm³/mol. The topological polar surface area (TPSA) is 85.6 Å². The van der Waals surface area contributed by atoms with Gasteiger partial charge in [-0.2, -0.15) is 13.2 Å². The first-order valence-corrected chi connectivity index (χ1v) is 13.7. The highest BCUT2D eigenvalue weighted by Crippen LogP contribution is 2.40. The first-order chi connectivity index (χ1) is 19.6. The van der Waals surface area contributed by atoms with Gasteiger partial charge in [0, 0.05) is 36.4 Å². The maximum absolute atomic E-state index is 13.5. The second-order valence-electron chi connectivity index (χ2n) is 10.7. The van der Waals surface area contributed by atoms with E-state index in [2.05, 4.69) is 10.3 Å². The zero-order valence-corrected chi connectivity index (χ0v) is 22.7. The van der Waals surface area contributed by atoms with Crippen molar-refractivity contribution in [1.29, 1.82) is 0 Å². The Hall–Kier alpha value is -4.05. The molecule has 4 aromatic rings. The number of hydrogen-bond acceptors (Lipinski definition) is 5. The highest BCUT2D eigenvalue weighted by atomic mass is 19.4. The number of aromatic nitrogens is 2. The fourth-order valence-corrected chi connectivity index (χ4v) is 5.76. The van der Waals surface area contributed by atoms with Crippen LogP contribution < -0.4 is 10.1 Å². The molecule has 3 heterocycles. The van der Waals surface area contributed by atoms with Crippen LogP contribution in [0.5, 0.6) is 5.75 Å². The smallest absolute Gasteiger partial charge is 0.416 e. The maximum atomic E-state index is 13.5. The molecule has 0 saturated carbocycles. The van der Waals surface area contributed by atoms with Crippen LogP contribution in [0.25, 0.3) is 16.7 Å². The number of nitrogens with one attached hydrogen (secondary N) is 1. The second kappa shape index (κ2) is 10.4. The number of rotatable bonds is 7. The van der Waals surface area contributed by atoms with Crippen LogP contribution in [0.15, 0.2) is 54.6 Å². The lowest BCUT2D eigenvalue weighted by molar-refractivity contribution is -0.142. The lowest BCUT2D eigenvalue weighted by Gasteiger charge is -2.18. The maximum Gasteiger partial charge on any atom is 0.416 e. The van der Waals surface area contributed by atoms with Crippen LogP contribution in [0, 0.1) is 12.8 Å². The Morgan fingerprint density at radius 2 is 2.02 bits per heavy atom. The van der Waals surface area contributed by atoms with Gasteiger partial charge in [-0.05, 0) is 61.2 Å². The molecule has 1 saturated heterocycles. The van der Waals surface area contributed by atoms with Crippen molar-refractivity contribution in [2.75, 3.05) is 18.5 Å². The number of fused-ring (bicyclic) bond motifs is 2. The van der Waals surface area contributed by atoms with Crippen molar-refractivity contribution in [1.82, 2.24) is 9.55 Å². The third-order valence-corrected chi connectivity index (χ3v) is 8.19. The van der Waals surface area contributed by atoms with Crippen LogP contribution in [0.4, 0.5) is 18.9 Å². The Kier molecular flexibility index (Phi) is 6.89. The van der Waals surface area contributed by atoms with Gasteiger partial charge in [-0.25, -0.2) is 4.98 Å². The molecule has 214 valence electrons. The minimum atomic E-state index is -4.46. The summed E-state index contributed by atoms with van der Waals surface area (Å²) in [6, 6.07) is 15.3. The van der Waals surface area contributed by atoms with E-state index in [0.29, 0.717) is 36.8 Å². The normalized spacial score (nSPS) is 19.2. The Balaban J connectivity index is 1.31. The first kappa shape index (κ1) is 27.1. The van der Waals surface area contributed by atoms with Gasteiger partial charge < -0.3 is 19.9 Å². The number of benzene rings is 3. The van der Waals surface area contributed by atoms with Crippen LogP contribution in [0.1, 0.15) is 59.9 Å². The van der Waals surface area contributed by atoms with Crippen molar-refractivity contribution in [2.24, 2.45) is 5.92 Å². The van der Waals surface area contributed by atoms with Gasteiger partial charge in [0.2, 0.25) is 0 Å². The average molecular weight is 566 g/mol. The summed E-state index contributed by atoms with van der Waals surface area (Å²) < 4.78 is 54.0. The molecule has 1 unspecified atom stereocenters. The van der Waals surface area contributed by atoms with Gasteiger partial charge >= 0.3 is 12.1 Å². The third-order valence-electron chi connectivity index (χ3n) is 8.19. The third kappa shape index (κ3) is 5.01. The molecule has 0 radical (unpaired) electrons. The van der Waals surface area contributed by atoms with Gasteiger partial charge in [0.05, 0.1) is 34.8 Å². The molecule has 6 rings (SSSR count). The van der Waals surface area contributed by atoms with Crippen molar-refractivity contribution < 1.29 is 32.5 Å². The Labute approximate surface area is 234 Å². The van der Waals surface area contributed by atoms with E-state index in [9.17, 15) is 23.1 Å². The fourth-order valence-electron chi connectivity index (χ4n) is 5.76. The summed E-state index contributed by atoms with van der Waals surface area (Å²) in [5, 5.41) is 12.8. The summed E-state index contributed by atoms with van der Waals surface area (Å²) >= 11 is 0. The molecule has 2 aliphatic rings. The lowest BCUT2D eigenvalue weighted by atomic mass is 9.89. The molecule has 3 aromatic carbocycles. The molecular weight excluding hydrogens is 535 g/mol. The van der Waals surface area contributed by atoms with Crippen molar-refractivity contribution in [3.63, 3.8) is 0 Å². The van der Waals surface area contributed by atoms with Crippen molar-refractivity contribution in [2.45, 2.75) is 51.4 Å². The number of carboxylic acid groups (broad SMARTS) is 1. The molecule has 41 heavy (non-hydrogen) atoms. The van der Waals surface area contributed by atoms with Crippen molar-refractivity contribution >= 4 is 22.7 Å². The van der Waals surface area contributed by atoms with Crippen molar-refractivity contribution in [3.05, 3.63) is 82.7 Å². The van der Waals surface area contributed by atoms with Gasteiger partial charge in [0.15, 0.2) is 0 Å². The summed E-state index contributed by atoms with van der Waals surface area (Å²) in [4.78, 5) is 16.1. The molecule has 0 spiro atoms. The molecule has 3 atom stereocenters. The number of ether oxygens (including phenoxy) is 2. The van der Waals surface area contributed by atoms with Crippen LogP contribution in [-0.4, -0.2) is 33.8 Å². The van der Waals surface area contributed by atoms with E-state index in [1.165, 1.54) is 6.07 Å². The number of carboxylic acids is 1. The van der Waals surface area contributed by atoms with E-state index in [-0.39, 0.29) is 17.5 Å². The Morgan fingerprint density at radius 1 is 1.20 bits per heavy atom. The van der Waals surface area contributed by atoms with Gasteiger partial charge in [0.1, 0.15) is 17.7 Å². The van der Waals surface area contributed by atoms with E-state index >= 15 is 0 Å². The number of alkyl halides is 3. The number of aliphatic carboxylic acids is 1. The average Bonchev–Trinajstić information content (AvgIpc) is 3.69. The first-order valence-electron chi connectivity index (χ1n) is 13.7. The van der Waals surface area contributed by atoms with Crippen LogP contribution in [0.2, 0.25) is 0 Å². The molecule has 0 amide bonds. The summed E-state index contributed by atoms with van der Waals surface area (Å²) in [5.41, 5.74) is 4.68. The second-order valence-corrected chi connectivity index (χ2v) is 10.7. The lowest BCUT2D eigenvalue weighted by Crippen LogP contribution is -2.19. The van der Waals surface area contributed by atoms with Gasteiger partial charge in [-0.15, -0.1) is 0 Å². The zero-order valence-electron chi connectivity index (χ0n) is 22.7. The minimum absolute atomic E-state index is 0.189.